The average molecular weight is 270 g/mol. The van der Waals surface area contributed by atoms with Gasteiger partial charge in [0.25, 0.3) is 0 Å². The third-order valence-corrected chi connectivity index (χ3v) is 3.18. The lowest BCUT2D eigenvalue weighted by atomic mass is 9.93. The zero-order chi connectivity index (χ0) is 14.7. The van der Waals surface area contributed by atoms with Gasteiger partial charge >= 0.3 is 5.97 Å². The molecule has 0 aromatic heterocycles. The fourth-order valence-electron chi connectivity index (χ4n) is 2.11. The van der Waals surface area contributed by atoms with Crippen LogP contribution >= 0.6 is 0 Å². The largest absolute Gasteiger partial charge is 0.508 e. The van der Waals surface area contributed by atoms with Gasteiger partial charge in [-0.1, -0.05) is 30.3 Å². The van der Waals surface area contributed by atoms with E-state index in [1.54, 1.807) is 31.2 Å². The van der Waals surface area contributed by atoms with Crippen LogP contribution in [0.15, 0.2) is 42.5 Å². The Labute approximate surface area is 116 Å². The molecule has 4 nitrogen and oxygen atoms in total. The molecule has 0 aliphatic heterocycles. The van der Waals surface area contributed by atoms with Crippen LogP contribution in [-0.2, 0) is 11.2 Å². The number of carboxylic acid groups (broad SMARTS) is 1. The Bertz CT molecular complexity index is 660. The first-order valence-electron chi connectivity index (χ1n) is 6.13. The quantitative estimate of drug-likeness (QED) is 0.837. The van der Waals surface area contributed by atoms with Crippen LogP contribution in [0.4, 0.5) is 0 Å². The molecule has 0 aliphatic rings. The number of benzene rings is 2. The Morgan fingerprint density at radius 3 is 2.30 bits per heavy atom. The van der Waals surface area contributed by atoms with Crippen molar-refractivity contribution in [1.82, 2.24) is 0 Å². The lowest BCUT2D eigenvalue weighted by Crippen LogP contribution is -2.08. The summed E-state index contributed by atoms with van der Waals surface area (Å²) in [6.45, 7) is 1.65. The maximum atomic E-state index is 12.4. The van der Waals surface area contributed by atoms with Gasteiger partial charge in [-0.25, -0.2) is 0 Å². The first-order chi connectivity index (χ1) is 9.50. The molecule has 0 radical (unpaired) electrons. The molecule has 0 aliphatic carbocycles. The van der Waals surface area contributed by atoms with Gasteiger partial charge < -0.3 is 10.2 Å². The minimum absolute atomic E-state index is 0.102. The van der Waals surface area contributed by atoms with Gasteiger partial charge in [0.05, 0.1) is 6.42 Å². The Morgan fingerprint density at radius 2 is 1.70 bits per heavy atom. The predicted octanol–water partition coefficient (Wildman–Crippen LogP) is 2.56. The maximum absolute atomic E-state index is 12.4. The summed E-state index contributed by atoms with van der Waals surface area (Å²) in [5.41, 5.74) is 1.72. The summed E-state index contributed by atoms with van der Waals surface area (Å²) < 4.78 is 0. The zero-order valence-electron chi connectivity index (χ0n) is 11.0. The van der Waals surface area contributed by atoms with Crippen LogP contribution in [-0.4, -0.2) is 22.0 Å². The molecule has 0 atom stereocenters. The number of ketones is 1. The van der Waals surface area contributed by atoms with E-state index in [0.717, 1.165) is 0 Å². The minimum Gasteiger partial charge on any atom is -0.508 e. The van der Waals surface area contributed by atoms with Gasteiger partial charge in [-0.15, -0.1) is 0 Å². The second-order valence-electron chi connectivity index (χ2n) is 4.50. The molecule has 20 heavy (non-hydrogen) atoms. The Morgan fingerprint density at radius 1 is 1.05 bits per heavy atom. The molecule has 0 bridgehead atoms. The standard InChI is InChI=1S/C16H14O4/c1-10-12(16(20)11-5-3-2-4-6-11)7-8-14(17)13(10)9-15(18)19/h2-8,17H,9H2,1H3,(H,18,19). The van der Waals surface area contributed by atoms with Crippen molar-refractivity contribution in [3.05, 3.63) is 64.7 Å². The highest BCUT2D eigenvalue weighted by Gasteiger charge is 2.17. The third kappa shape index (κ3) is 2.69. The molecule has 2 rings (SSSR count). The summed E-state index contributed by atoms with van der Waals surface area (Å²) in [5, 5.41) is 18.6. The van der Waals surface area contributed by atoms with Crippen molar-refractivity contribution in [3.63, 3.8) is 0 Å². The van der Waals surface area contributed by atoms with Crippen LogP contribution < -0.4 is 0 Å². The molecule has 0 saturated heterocycles. The number of aliphatic carboxylic acids is 1. The van der Waals surface area contributed by atoms with Crippen LogP contribution in [0.3, 0.4) is 0 Å². The van der Waals surface area contributed by atoms with Crippen LogP contribution in [0.1, 0.15) is 27.0 Å². The fourth-order valence-corrected chi connectivity index (χ4v) is 2.11. The van der Waals surface area contributed by atoms with E-state index < -0.39 is 5.97 Å². The highest BCUT2D eigenvalue weighted by molar-refractivity contribution is 6.10. The van der Waals surface area contributed by atoms with Crippen molar-refractivity contribution >= 4 is 11.8 Å². The number of hydrogen-bond acceptors (Lipinski definition) is 3. The number of rotatable bonds is 4. The van der Waals surface area contributed by atoms with E-state index >= 15 is 0 Å². The van der Waals surface area contributed by atoms with E-state index in [1.165, 1.54) is 12.1 Å². The van der Waals surface area contributed by atoms with Crippen molar-refractivity contribution < 1.29 is 19.8 Å². The Kier molecular flexibility index (Phi) is 3.84. The van der Waals surface area contributed by atoms with Crippen LogP contribution in [0.2, 0.25) is 0 Å². The second-order valence-corrected chi connectivity index (χ2v) is 4.50. The van der Waals surface area contributed by atoms with Gasteiger partial charge in [0.2, 0.25) is 0 Å². The number of hydrogen-bond donors (Lipinski definition) is 2. The molecule has 0 amide bonds. The van der Waals surface area contributed by atoms with E-state index in [1.807, 2.05) is 6.07 Å². The van der Waals surface area contributed by atoms with Gasteiger partial charge in [0.1, 0.15) is 5.75 Å². The molecular formula is C16H14O4. The van der Waals surface area contributed by atoms with E-state index in [-0.39, 0.29) is 23.5 Å². The van der Waals surface area contributed by atoms with Gasteiger partial charge in [-0.2, -0.15) is 0 Å². The average Bonchev–Trinajstić information content (AvgIpc) is 2.43. The normalized spacial score (nSPS) is 10.2. The lowest BCUT2D eigenvalue weighted by molar-refractivity contribution is -0.136. The van der Waals surface area contributed by atoms with Crippen molar-refractivity contribution in [2.45, 2.75) is 13.3 Å². The number of phenolic OH excluding ortho intramolecular Hbond substituents is 1. The molecule has 4 heteroatoms. The molecular weight excluding hydrogens is 256 g/mol. The molecule has 2 aromatic carbocycles. The summed E-state index contributed by atoms with van der Waals surface area (Å²) in [6.07, 6.45) is -0.312. The molecule has 0 spiro atoms. The number of phenols is 1. The SMILES string of the molecule is Cc1c(C(=O)c2ccccc2)ccc(O)c1CC(=O)O. The van der Waals surface area contributed by atoms with E-state index in [4.69, 9.17) is 5.11 Å². The van der Waals surface area contributed by atoms with Crippen molar-refractivity contribution in [1.29, 1.82) is 0 Å². The van der Waals surface area contributed by atoms with Crippen molar-refractivity contribution in [3.8, 4) is 5.75 Å². The van der Waals surface area contributed by atoms with E-state index in [2.05, 4.69) is 0 Å². The first-order valence-corrected chi connectivity index (χ1v) is 6.13. The van der Waals surface area contributed by atoms with Gasteiger partial charge in [0, 0.05) is 16.7 Å². The van der Waals surface area contributed by atoms with Gasteiger partial charge in [-0.3, -0.25) is 9.59 Å². The number of carbonyl (C=O) groups excluding carboxylic acids is 1. The number of aromatic hydroxyl groups is 1. The molecule has 2 aromatic rings. The van der Waals surface area contributed by atoms with Crippen molar-refractivity contribution in [2.75, 3.05) is 0 Å². The number of carboxylic acids is 1. The predicted molar refractivity (Wildman–Crippen MR) is 74.1 cm³/mol. The van der Waals surface area contributed by atoms with Gasteiger partial charge in [0.15, 0.2) is 5.78 Å². The summed E-state index contributed by atoms with van der Waals surface area (Å²) in [4.78, 5) is 23.2. The van der Waals surface area contributed by atoms with E-state index in [0.29, 0.717) is 16.7 Å². The number of carbonyl (C=O) groups is 2. The van der Waals surface area contributed by atoms with Crippen LogP contribution in [0.25, 0.3) is 0 Å². The molecule has 0 saturated carbocycles. The van der Waals surface area contributed by atoms with Crippen molar-refractivity contribution in [2.24, 2.45) is 0 Å². The second kappa shape index (κ2) is 5.57. The summed E-state index contributed by atoms with van der Waals surface area (Å²) in [6, 6.07) is 11.6. The molecule has 0 unspecified atom stereocenters. The molecule has 102 valence electrons. The molecule has 2 N–H and O–H groups in total. The summed E-state index contributed by atoms with van der Waals surface area (Å²) in [5.74, 6) is -1.34. The third-order valence-electron chi connectivity index (χ3n) is 3.18. The fraction of sp³-hybridized carbons (Fsp3) is 0.125. The van der Waals surface area contributed by atoms with Crippen LogP contribution in [0, 0.1) is 6.92 Å². The highest BCUT2D eigenvalue weighted by Crippen LogP contribution is 2.26. The smallest absolute Gasteiger partial charge is 0.307 e. The summed E-state index contributed by atoms with van der Waals surface area (Å²) in [7, 11) is 0. The Balaban J connectivity index is 2.48. The van der Waals surface area contributed by atoms with Gasteiger partial charge in [-0.05, 0) is 24.6 Å². The monoisotopic (exact) mass is 270 g/mol. The zero-order valence-corrected chi connectivity index (χ0v) is 11.0. The molecule has 0 fully saturated rings. The highest BCUT2D eigenvalue weighted by atomic mass is 16.4. The maximum Gasteiger partial charge on any atom is 0.307 e. The topological polar surface area (TPSA) is 74.6 Å². The first kappa shape index (κ1) is 13.8. The Hall–Kier alpha value is -2.62. The van der Waals surface area contributed by atoms with E-state index in [9.17, 15) is 14.7 Å². The summed E-state index contributed by atoms with van der Waals surface area (Å²) >= 11 is 0. The van der Waals surface area contributed by atoms with Crippen LogP contribution in [0.5, 0.6) is 5.75 Å². The lowest BCUT2D eigenvalue weighted by Gasteiger charge is -2.11. The minimum atomic E-state index is -1.05. The molecule has 0 heterocycles.